The van der Waals surface area contributed by atoms with E-state index in [2.05, 4.69) is 10.5 Å². The Hall–Kier alpha value is -3.25. The summed E-state index contributed by atoms with van der Waals surface area (Å²) in [7, 11) is 3.04. The van der Waals surface area contributed by atoms with E-state index in [1.54, 1.807) is 36.4 Å². The fourth-order valence-electron chi connectivity index (χ4n) is 2.35. The van der Waals surface area contributed by atoms with Crippen LogP contribution in [0, 0.1) is 0 Å². The Morgan fingerprint density at radius 2 is 1.70 bits per heavy atom. The lowest BCUT2D eigenvalue weighted by molar-refractivity contribution is 0.0954. The van der Waals surface area contributed by atoms with Gasteiger partial charge in [-0.15, -0.1) is 0 Å². The van der Waals surface area contributed by atoms with Crippen molar-refractivity contribution >= 4 is 23.7 Å². The van der Waals surface area contributed by atoms with Crippen LogP contribution in [0.2, 0.25) is 5.02 Å². The van der Waals surface area contributed by atoms with E-state index in [9.17, 15) is 4.79 Å². The summed E-state index contributed by atoms with van der Waals surface area (Å²) in [5.41, 5.74) is 3.71. The van der Waals surface area contributed by atoms with Crippen molar-refractivity contribution in [3.8, 4) is 22.8 Å². The molecule has 0 fully saturated rings. The molecule has 0 saturated carbocycles. The number of hydrogen-bond donors (Lipinski definition) is 1. The van der Waals surface area contributed by atoms with Crippen LogP contribution in [0.4, 0.5) is 0 Å². The molecule has 0 radical (unpaired) electrons. The molecular formula is C20H17ClN2O4. The van der Waals surface area contributed by atoms with Crippen molar-refractivity contribution in [2.45, 2.75) is 0 Å². The van der Waals surface area contributed by atoms with Gasteiger partial charge >= 0.3 is 0 Å². The van der Waals surface area contributed by atoms with Crippen LogP contribution in [0.3, 0.4) is 0 Å². The molecule has 138 valence electrons. The van der Waals surface area contributed by atoms with Crippen molar-refractivity contribution < 1.29 is 18.7 Å². The third-order valence-corrected chi connectivity index (χ3v) is 3.98. The normalized spacial score (nSPS) is 10.8. The molecule has 6 nitrogen and oxygen atoms in total. The van der Waals surface area contributed by atoms with Gasteiger partial charge in [0.25, 0.3) is 5.91 Å². The van der Waals surface area contributed by atoms with E-state index in [-0.39, 0.29) is 0 Å². The molecule has 0 atom stereocenters. The van der Waals surface area contributed by atoms with Crippen LogP contribution in [0.5, 0.6) is 11.5 Å². The fraction of sp³-hybridized carbons (Fsp3) is 0.100. The van der Waals surface area contributed by atoms with E-state index in [0.29, 0.717) is 33.6 Å². The molecule has 1 N–H and O–H groups in total. The first kappa shape index (κ1) is 18.5. The molecule has 0 unspecified atom stereocenters. The monoisotopic (exact) mass is 384 g/mol. The number of carbonyl (C=O) groups excluding carboxylic acids is 1. The number of nitrogens with one attached hydrogen (secondary N) is 1. The summed E-state index contributed by atoms with van der Waals surface area (Å²) in [6, 6.07) is 15.7. The van der Waals surface area contributed by atoms with Gasteiger partial charge in [0.05, 0.1) is 20.4 Å². The number of nitrogens with zero attached hydrogens (tertiary/aromatic N) is 1. The molecule has 3 aromatic rings. The molecule has 1 aromatic heterocycles. The van der Waals surface area contributed by atoms with Gasteiger partial charge in [-0.3, -0.25) is 4.79 Å². The van der Waals surface area contributed by atoms with Gasteiger partial charge in [-0.1, -0.05) is 11.6 Å². The van der Waals surface area contributed by atoms with E-state index in [0.717, 1.165) is 5.56 Å². The van der Waals surface area contributed by atoms with Gasteiger partial charge < -0.3 is 13.9 Å². The van der Waals surface area contributed by atoms with E-state index in [1.165, 1.54) is 20.4 Å². The lowest BCUT2D eigenvalue weighted by atomic mass is 10.2. The Morgan fingerprint density at radius 1 is 1.04 bits per heavy atom. The maximum Gasteiger partial charge on any atom is 0.271 e. The minimum Gasteiger partial charge on any atom is -0.497 e. The Labute approximate surface area is 161 Å². The predicted molar refractivity (Wildman–Crippen MR) is 104 cm³/mol. The second kappa shape index (κ2) is 8.42. The van der Waals surface area contributed by atoms with Crippen LogP contribution in [-0.2, 0) is 0 Å². The highest BCUT2D eigenvalue weighted by atomic mass is 35.5. The van der Waals surface area contributed by atoms with Crippen molar-refractivity contribution in [1.29, 1.82) is 0 Å². The number of halogens is 1. The van der Waals surface area contributed by atoms with Gasteiger partial charge in [-0.2, -0.15) is 5.10 Å². The molecule has 0 aliphatic rings. The lowest BCUT2D eigenvalue weighted by Crippen LogP contribution is -2.17. The first-order chi connectivity index (χ1) is 13.1. The van der Waals surface area contributed by atoms with Crippen molar-refractivity contribution in [2.24, 2.45) is 5.10 Å². The van der Waals surface area contributed by atoms with Gasteiger partial charge in [0.2, 0.25) is 0 Å². The highest BCUT2D eigenvalue weighted by molar-refractivity contribution is 6.30. The number of amides is 1. The van der Waals surface area contributed by atoms with Crippen LogP contribution in [-0.4, -0.2) is 26.3 Å². The molecule has 1 heterocycles. The molecule has 0 bridgehead atoms. The third-order valence-electron chi connectivity index (χ3n) is 3.73. The summed E-state index contributed by atoms with van der Waals surface area (Å²) < 4.78 is 16.0. The number of furan rings is 1. The van der Waals surface area contributed by atoms with E-state index in [4.69, 9.17) is 25.5 Å². The number of methoxy groups -OCH3 is 2. The Bertz CT molecular complexity index is 942. The largest absolute Gasteiger partial charge is 0.497 e. The van der Waals surface area contributed by atoms with Gasteiger partial charge in [0, 0.05) is 22.2 Å². The number of hydrogen-bond acceptors (Lipinski definition) is 5. The number of hydrazone groups is 1. The molecule has 0 aliphatic carbocycles. The van der Waals surface area contributed by atoms with Crippen LogP contribution >= 0.6 is 11.6 Å². The Balaban J connectivity index is 1.67. The second-order valence-corrected chi connectivity index (χ2v) is 5.95. The zero-order chi connectivity index (χ0) is 19.2. The first-order valence-electron chi connectivity index (χ1n) is 8.01. The molecule has 27 heavy (non-hydrogen) atoms. The quantitative estimate of drug-likeness (QED) is 0.505. The van der Waals surface area contributed by atoms with Gasteiger partial charge in [-0.05, 0) is 48.5 Å². The number of benzene rings is 2. The van der Waals surface area contributed by atoms with Gasteiger partial charge in [0.15, 0.2) is 0 Å². The summed E-state index contributed by atoms with van der Waals surface area (Å²) in [5, 5.41) is 4.59. The van der Waals surface area contributed by atoms with Crippen LogP contribution in [0.1, 0.15) is 16.1 Å². The SMILES string of the molecule is COc1cc(OC)cc(C(=O)NN=Cc2ccc(-c3ccc(Cl)cc3)o2)c1. The van der Waals surface area contributed by atoms with Crippen molar-refractivity contribution in [3.63, 3.8) is 0 Å². The zero-order valence-corrected chi connectivity index (χ0v) is 15.5. The molecule has 0 saturated heterocycles. The molecule has 0 spiro atoms. The van der Waals surface area contributed by atoms with E-state index < -0.39 is 5.91 Å². The molecule has 7 heteroatoms. The molecule has 0 aliphatic heterocycles. The smallest absolute Gasteiger partial charge is 0.271 e. The highest BCUT2D eigenvalue weighted by Crippen LogP contribution is 2.24. The maximum absolute atomic E-state index is 12.3. The Morgan fingerprint density at radius 3 is 2.33 bits per heavy atom. The molecule has 3 rings (SSSR count). The third kappa shape index (κ3) is 4.68. The summed E-state index contributed by atoms with van der Waals surface area (Å²) in [4.78, 5) is 12.3. The van der Waals surface area contributed by atoms with E-state index in [1.807, 2.05) is 18.2 Å². The summed E-state index contributed by atoms with van der Waals surface area (Å²) in [6.07, 6.45) is 1.43. The van der Waals surface area contributed by atoms with Crippen molar-refractivity contribution in [1.82, 2.24) is 5.43 Å². The number of ether oxygens (including phenoxy) is 2. The van der Waals surface area contributed by atoms with Gasteiger partial charge in [0.1, 0.15) is 23.0 Å². The second-order valence-electron chi connectivity index (χ2n) is 5.51. The van der Waals surface area contributed by atoms with Crippen molar-refractivity contribution in [2.75, 3.05) is 14.2 Å². The number of rotatable bonds is 6. The average molecular weight is 385 g/mol. The maximum atomic E-state index is 12.3. The van der Waals surface area contributed by atoms with E-state index >= 15 is 0 Å². The minimum absolute atomic E-state index is 0.365. The minimum atomic E-state index is -0.395. The average Bonchev–Trinajstić information content (AvgIpc) is 3.16. The molecular weight excluding hydrogens is 368 g/mol. The van der Waals surface area contributed by atoms with Crippen molar-refractivity contribution in [3.05, 3.63) is 70.9 Å². The number of carbonyl (C=O) groups is 1. The predicted octanol–water partition coefficient (Wildman–Crippen LogP) is 4.38. The first-order valence-corrected chi connectivity index (χ1v) is 8.39. The lowest BCUT2D eigenvalue weighted by Gasteiger charge is -2.07. The standard InChI is InChI=1S/C20H17ClN2O4/c1-25-17-9-14(10-18(11-17)26-2)20(24)23-22-12-16-7-8-19(27-16)13-3-5-15(21)6-4-13/h3-12H,1-2H3,(H,23,24). The van der Waals surface area contributed by atoms with Crippen LogP contribution in [0.15, 0.2) is 64.1 Å². The fourth-order valence-corrected chi connectivity index (χ4v) is 2.48. The zero-order valence-electron chi connectivity index (χ0n) is 14.7. The molecule has 1 amide bonds. The topological polar surface area (TPSA) is 73.1 Å². The molecule has 2 aromatic carbocycles. The van der Waals surface area contributed by atoms with Crippen LogP contribution < -0.4 is 14.9 Å². The Kier molecular flexibility index (Phi) is 5.78. The van der Waals surface area contributed by atoms with Crippen LogP contribution in [0.25, 0.3) is 11.3 Å². The van der Waals surface area contributed by atoms with Gasteiger partial charge in [-0.25, -0.2) is 5.43 Å². The summed E-state index contributed by atoms with van der Waals surface area (Å²) in [5.74, 6) is 1.82. The highest BCUT2D eigenvalue weighted by Gasteiger charge is 2.09. The summed E-state index contributed by atoms with van der Waals surface area (Å²) >= 11 is 5.88. The summed E-state index contributed by atoms with van der Waals surface area (Å²) in [6.45, 7) is 0.